The maximum absolute atomic E-state index is 10.1. The fraction of sp³-hybridized carbons (Fsp3) is 0. The molecule has 5 heteroatoms. The molecule has 0 aliphatic carbocycles. The first-order chi connectivity index (χ1) is 6.80. The van der Waals surface area contributed by atoms with Crippen LogP contribution in [0.3, 0.4) is 0 Å². The number of hydrogen-bond donors (Lipinski definition) is 2. The average Bonchev–Trinajstić information content (AvgIpc) is 2.77. The summed E-state index contributed by atoms with van der Waals surface area (Å²) < 4.78 is 0. The Bertz CT molecular complexity index is 345. The monoisotopic (exact) mass is 242 g/mol. The number of nitrogens with zero attached hydrogens (tertiary/aromatic N) is 1. The third-order valence-electron chi connectivity index (χ3n) is 1.38. The average molecular weight is 242 g/mol. The zero-order valence-electron chi connectivity index (χ0n) is 7.83. The molecule has 2 aromatic rings. The van der Waals surface area contributed by atoms with E-state index in [2.05, 4.69) is 9.97 Å². The molecule has 78 valence electrons. The van der Waals surface area contributed by atoms with Crippen LogP contribution in [-0.2, 0) is 17.4 Å². The standard InChI is InChI=1S/C6H5NO2.C4H5N.Cr/c8-6(9)5-3-1-2-4-7-5;1-2-4-5-3-1;/h1-4H,(H,8,9);1-5H;. The number of carbonyl (C=O) groups is 1. The van der Waals surface area contributed by atoms with Crippen molar-refractivity contribution in [1.29, 1.82) is 0 Å². The number of hydrogen-bond acceptors (Lipinski definition) is 2. The normalized spacial score (nSPS) is 8.00. The Hall–Kier alpha value is -1.57. The van der Waals surface area contributed by atoms with Crippen molar-refractivity contribution in [3.05, 3.63) is 54.6 Å². The zero-order chi connectivity index (χ0) is 10.2. The smallest absolute Gasteiger partial charge is 0.354 e. The molecule has 0 bridgehead atoms. The second-order valence-electron chi connectivity index (χ2n) is 2.41. The van der Waals surface area contributed by atoms with Gasteiger partial charge < -0.3 is 10.1 Å². The van der Waals surface area contributed by atoms with E-state index < -0.39 is 5.97 Å². The van der Waals surface area contributed by atoms with Crippen molar-refractivity contribution < 1.29 is 27.3 Å². The van der Waals surface area contributed by atoms with Crippen molar-refractivity contribution in [3.8, 4) is 0 Å². The fourth-order valence-electron chi connectivity index (χ4n) is 0.767. The molecule has 0 aliphatic heterocycles. The third kappa shape index (κ3) is 5.68. The Morgan fingerprint density at radius 1 is 1.20 bits per heavy atom. The molecule has 2 N–H and O–H groups in total. The Morgan fingerprint density at radius 3 is 2.13 bits per heavy atom. The van der Waals surface area contributed by atoms with Gasteiger partial charge in [0, 0.05) is 36.0 Å². The molecule has 0 saturated heterocycles. The first-order valence-electron chi connectivity index (χ1n) is 4.03. The second kappa shape index (κ2) is 7.80. The van der Waals surface area contributed by atoms with Crippen LogP contribution in [0, 0.1) is 0 Å². The van der Waals surface area contributed by atoms with E-state index in [4.69, 9.17) is 5.11 Å². The van der Waals surface area contributed by atoms with E-state index in [0.29, 0.717) is 0 Å². The molecule has 2 rings (SSSR count). The van der Waals surface area contributed by atoms with Crippen molar-refractivity contribution >= 4 is 5.97 Å². The first-order valence-corrected chi connectivity index (χ1v) is 4.03. The number of H-pyrrole nitrogens is 1. The molecule has 0 radical (unpaired) electrons. The van der Waals surface area contributed by atoms with Crippen LogP contribution in [0.1, 0.15) is 10.5 Å². The Balaban J connectivity index is 0.000000280. The summed E-state index contributed by atoms with van der Waals surface area (Å²) in [5, 5.41) is 8.32. The van der Waals surface area contributed by atoms with Crippen molar-refractivity contribution in [2.24, 2.45) is 0 Å². The van der Waals surface area contributed by atoms with E-state index in [1.165, 1.54) is 12.3 Å². The van der Waals surface area contributed by atoms with Gasteiger partial charge in [-0.25, -0.2) is 9.78 Å². The third-order valence-corrected chi connectivity index (χ3v) is 1.38. The Labute approximate surface area is 98.1 Å². The Kier molecular flexibility index (Phi) is 6.99. The minimum atomic E-state index is -0.990. The van der Waals surface area contributed by atoms with Crippen LogP contribution in [0.2, 0.25) is 0 Å². The van der Waals surface area contributed by atoms with Crippen LogP contribution in [-0.4, -0.2) is 21.0 Å². The van der Waals surface area contributed by atoms with Gasteiger partial charge in [0.15, 0.2) is 0 Å². The van der Waals surface area contributed by atoms with Gasteiger partial charge in [0.05, 0.1) is 0 Å². The number of carboxylic acid groups (broad SMARTS) is 1. The predicted octanol–water partition coefficient (Wildman–Crippen LogP) is 1.79. The van der Waals surface area contributed by atoms with E-state index in [1.54, 1.807) is 12.1 Å². The van der Waals surface area contributed by atoms with Gasteiger partial charge in [-0.3, -0.25) is 0 Å². The summed E-state index contributed by atoms with van der Waals surface area (Å²) in [6.07, 6.45) is 5.20. The molecule has 2 heterocycles. The van der Waals surface area contributed by atoms with E-state index in [0.717, 1.165) is 0 Å². The van der Waals surface area contributed by atoms with Crippen LogP contribution < -0.4 is 0 Å². The van der Waals surface area contributed by atoms with Gasteiger partial charge in [0.25, 0.3) is 0 Å². The molecule has 0 amide bonds. The summed E-state index contributed by atoms with van der Waals surface area (Å²) in [7, 11) is 0. The van der Waals surface area contributed by atoms with Gasteiger partial charge in [-0.2, -0.15) is 0 Å². The molecule has 0 aromatic carbocycles. The van der Waals surface area contributed by atoms with Crippen LogP contribution in [0.25, 0.3) is 0 Å². The minimum absolute atomic E-state index is 0. The van der Waals surface area contributed by atoms with Gasteiger partial charge in [-0.15, -0.1) is 0 Å². The van der Waals surface area contributed by atoms with Crippen LogP contribution in [0.5, 0.6) is 0 Å². The molecule has 4 nitrogen and oxygen atoms in total. The number of nitrogens with one attached hydrogen (secondary N) is 1. The zero-order valence-corrected chi connectivity index (χ0v) is 9.10. The van der Waals surface area contributed by atoms with E-state index in [1.807, 2.05) is 24.5 Å². The molecule has 2 aromatic heterocycles. The summed E-state index contributed by atoms with van der Waals surface area (Å²) in [5.41, 5.74) is 0.0810. The summed E-state index contributed by atoms with van der Waals surface area (Å²) in [6.45, 7) is 0. The molecule has 0 atom stereocenters. The van der Waals surface area contributed by atoms with Gasteiger partial charge >= 0.3 is 5.97 Å². The predicted molar refractivity (Wildman–Crippen MR) is 52.0 cm³/mol. The quantitative estimate of drug-likeness (QED) is 0.801. The van der Waals surface area contributed by atoms with E-state index in [-0.39, 0.29) is 23.1 Å². The van der Waals surface area contributed by atoms with Gasteiger partial charge in [-0.1, -0.05) is 6.07 Å². The van der Waals surface area contributed by atoms with Gasteiger partial charge in [0.2, 0.25) is 0 Å². The number of aromatic amines is 1. The molecular formula is C10H10CrN2O2. The van der Waals surface area contributed by atoms with Crippen molar-refractivity contribution in [2.45, 2.75) is 0 Å². The molecule has 0 fully saturated rings. The molecule has 0 aliphatic rings. The maximum atomic E-state index is 10.1. The fourth-order valence-corrected chi connectivity index (χ4v) is 0.767. The van der Waals surface area contributed by atoms with E-state index >= 15 is 0 Å². The summed E-state index contributed by atoms with van der Waals surface area (Å²) >= 11 is 0. The number of aromatic nitrogens is 2. The molecule has 0 saturated carbocycles. The minimum Gasteiger partial charge on any atom is -0.477 e. The van der Waals surface area contributed by atoms with Crippen molar-refractivity contribution in [2.75, 3.05) is 0 Å². The molecule has 0 spiro atoms. The number of carboxylic acids is 1. The molecule has 15 heavy (non-hydrogen) atoms. The maximum Gasteiger partial charge on any atom is 0.354 e. The van der Waals surface area contributed by atoms with Gasteiger partial charge in [-0.05, 0) is 24.3 Å². The Morgan fingerprint density at radius 2 is 1.87 bits per heavy atom. The van der Waals surface area contributed by atoms with Crippen LogP contribution in [0.15, 0.2) is 48.9 Å². The molecule has 0 unspecified atom stereocenters. The largest absolute Gasteiger partial charge is 0.477 e. The summed E-state index contributed by atoms with van der Waals surface area (Å²) in [6, 6.07) is 8.64. The SMILES string of the molecule is O=C(O)c1ccccn1.[Cr].c1cc[nH]c1. The second-order valence-corrected chi connectivity index (χ2v) is 2.41. The van der Waals surface area contributed by atoms with E-state index in [9.17, 15) is 4.79 Å². The first kappa shape index (κ1) is 13.4. The topological polar surface area (TPSA) is 66.0 Å². The van der Waals surface area contributed by atoms with Crippen LogP contribution >= 0.6 is 0 Å². The number of aromatic carboxylic acids is 1. The van der Waals surface area contributed by atoms with Crippen LogP contribution in [0.4, 0.5) is 0 Å². The summed E-state index contributed by atoms with van der Waals surface area (Å²) in [5.74, 6) is -0.990. The van der Waals surface area contributed by atoms with Crippen molar-refractivity contribution in [3.63, 3.8) is 0 Å². The molecular weight excluding hydrogens is 232 g/mol. The van der Waals surface area contributed by atoms with Gasteiger partial charge in [0.1, 0.15) is 5.69 Å². The number of rotatable bonds is 1. The van der Waals surface area contributed by atoms with Crippen molar-refractivity contribution in [1.82, 2.24) is 9.97 Å². The summed E-state index contributed by atoms with van der Waals surface area (Å²) in [4.78, 5) is 16.6. The number of pyridine rings is 1.